The van der Waals surface area contributed by atoms with E-state index in [9.17, 15) is 4.79 Å². The third-order valence-electron chi connectivity index (χ3n) is 6.04. The van der Waals surface area contributed by atoms with E-state index in [0.29, 0.717) is 13.2 Å². The summed E-state index contributed by atoms with van der Waals surface area (Å²) in [5, 5.41) is 8.25. The maximum Gasteiger partial charge on any atom is 0.267 e. The Bertz CT molecular complexity index is 910. The van der Waals surface area contributed by atoms with Gasteiger partial charge in [-0.15, -0.1) is 0 Å². The number of ether oxygens (including phenoxy) is 1. The van der Waals surface area contributed by atoms with Crippen LogP contribution in [0, 0.1) is 0 Å². The van der Waals surface area contributed by atoms with Crippen molar-refractivity contribution in [2.45, 2.75) is 63.5 Å². The first-order valence-corrected chi connectivity index (χ1v) is 10.1. The van der Waals surface area contributed by atoms with Gasteiger partial charge in [-0.1, -0.05) is 6.42 Å². The van der Waals surface area contributed by atoms with Gasteiger partial charge in [0.05, 0.1) is 24.9 Å². The van der Waals surface area contributed by atoms with Gasteiger partial charge in [0.2, 0.25) is 0 Å². The fraction of sp³-hybridized carbons (Fsp3) is 0.600. The highest BCUT2D eigenvalue weighted by molar-refractivity contribution is 5.47. The molecule has 7 heteroatoms. The standard InChI is InChI=1S/C20H25N5O2/c26-19-9-13-5-4-8-15(13)24-25(19)18-11-27-10-17(18)23-20-14-6-2-1-3-7-16(14)21-12-22-20/h9,12,17-18H,1-8,10-11H2,(H,21,22,23). The summed E-state index contributed by atoms with van der Waals surface area (Å²) in [6.07, 6.45) is 10.3. The van der Waals surface area contributed by atoms with Crippen molar-refractivity contribution in [3.8, 4) is 0 Å². The van der Waals surface area contributed by atoms with Crippen LogP contribution in [0.2, 0.25) is 0 Å². The maximum absolute atomic E-state index is 12.6. The Morgan fingerprint density at radius 3 is 2.85 bits per heavy atom. The molecule has 2 atom stereocenters. The molecule has 2 aliphatic carbocycles. The highest BCUT2D eigenvalue weighted by Gasteiger charge is 2.33. The number of aryl methyl sites for hydroxylation is 3. The first kappa shape index (κ1) is 16.9. The molecule has 142 valence electrons. The Hall–Kier alpha value is -2.28. The second-order valence-electron chi connectivity index (χ2n) is 7.82. The smallest absolute Gasteiger partial charge is 0.267 e. The van der Waals surface area contributed by atoms with Crippen LogP contribution in [0.1, 0.15) is 54.2 Å². The summed E-state index contributed by atoms with van der Waals surface area (Å²) in [6.45, 7) is 1.05. The van der Waals surface area contributed by atoms with Crippen LogP contribution in [0.25, 0.3) is 0 Å². The van der Waals surface area contributed by atoms with E-state index < -0.39 is 0 Å². The van der Waals surface area contributed by atoms with Gasteiger partial charge in [0.15, 0.2) is 0 Å². The van der Waals surface area contributed by atoms with Crippen molar-refractivity contribution >= 4 is 5.82 Å². The van der Waals surface area contributed by atoms with E-state index in [1.807, 2.05) is 0 Å². The van der Waals surface area contributed by atoms with E-state index in [4.69, 9.17) is 4.74 Å². The summed E-state index contributed by atoms with van der Waals surface area (Å²) in [7, 11) is 0. The molecule has 1 N–H and O–H groups in total. The monoisotopic (exact) mass is 367 g/mol. The molecule has 0 amide bonds. The van der Waals surface area contributed by atoms with E-state index in [-0.39, 0.29) is 17.6 Å². The summed E-state index contributed by atoms with van der Waals surface area (Å²) in [5.74, 6) is 0.900. The Balaban J connectivity index is 1.44. The number of fused-ring (bicyclic) bond motifs is 2. The minimum absolute atomic E-state index is 0.0168. The summed E-state index contributed by atoms with van der Waals surface area (Å²) in [6, 6.07) is 1.64. The van der Waals surface area contributed by atoms with Crippen LogP contribution in [-0.2, 0) is 30.4 Å². The molecule has 0 radical (unpaired) electrons. The molecule has 0 bridgehead atoms. The molecule has 0 spiro atoms. The predicted molar refractivity (Wildman–Crippen MR) is 101 cm³/mol. The third kappa shape index (κ3) is 3.14. The Morgan fingerprint density at radius 2 is 1.89 bits per heavy atom. The SMILES string of the molecule is O=c1cc2c(nn1C1COCC1Nc1ncnc3c1CCCCC3)CCC2. The van der Waals surface area contributed by atoms with Gasteiger partial charge in [0.25, 0.3) is 5.56 Å². The second kappa shape index (κ2) is 7.03. The summed E-state index contributed by atoms with van der Waals surface area (Å²) >= 11 is 0. The molecule has 1 fully saturated rings. The number of nitrogens with one attached hydrogen (secondary N) is 1. The first-order valence-electron chi connectivity index (χ1n) is 10.1. The topological polar surface area (TPSA) is 81.9 Å². The molecule has 0 saturated carbocycles. The highest BCUT2D eigenvalue weighted by Crippen LogP contribution is 2.28. The normalized spacial score (nSPS) is 24.3. The molecule has 2 unspecified atom stereocenters. The van der Waals surface area contributed by atoms with Crippen LogP contribution in [-0.4, -0.2) is 39.0 Å². The van der Waals surface area contributed by atoms with Gasteiger partial charge in [0, 0.05) is 17.3 Å². The molecule has 0 aromatic carbocycles. The van der Waals surface area contributed by atoms with Gasteiger partial charge in [0.1, 0.15) is 18.2 Å². The number of nitrogens with zero attached hydrogens (tertiary/aromatic N) is 4. The highest BCUT2D eigenvalue weighted by atomic mass is 16.5. The Morgan fingerprint density at radius 1 is 1.00 bits per heavy atom. The molecule has 2 aromatic rings. The van der Waals surface area contributed by atoms with Gasteiger partial charge in [-0.05, 0) is 50.5 Å². The average molecular weight is 367 g/mol. The molecular weight excluding hydrogens is 342 g/mol. The average Bonchev–Trinajstić information content (AvgIpc) is 3.24. The molecule has 7 nitrogen and oxygen atoms in total. The molecule has 3 aliphatic rings. The molecule has 2 aromatic heterocycles. The van der Waals surface area contributed by atoms with E-state index in [1.54, 1.807) is 17.1 Å². The molecule has 5 rings (SSSR count). The predicted octanol–water partition coefficient (Wildman–Crippen LogP) is 1.84. The van der Waals surface area contributed by atoms with Crippen molar-refractivity contribution < 1.29 is 4.74 Å². The second-order valence-corrected chi connectivity index (χ2v) is 7.82. The first-order chi connectivity index (χ1) is 13.3. The van der Waals surface area contributed by atoms with Crippen molar-refractivity contribution in [3.63, 3.8) is 0 Å². The Labute approximate surface area is 158 Å². The molecule has 1 aliphatic heterocycles. The molecule has 1 saturated heterocycles. The van der Waals surface area contributed by atoms with Crippen LogP contribution in [0.4, 0.5) is 5.82 Å². The zero-order chi connectivity index (χ0) is 18.2. The number of aromatic nitrogens is 4. The van der Waals surface area contributed by atoms with Crippen molar-refractivity contribution in [2.24, 2.45) is 0 Å². The van der Waals surface area contributed by atoms with Crippen LogP contribution in [0.5, 0.6) is 0 Å². The number of anilines is 1. The van der Waals surface area contributed by atoms with Gasteiger partial charge < -0.3 is 10.1 Å². The number of rotatable bonds is 3. The number of hydrogen-bond acceptors (Lipinski definition) is 6. The van der Waals surface area contributed by atoms with Gasteiger partial charge in [-0.2, -0.15) is 5.10 Å². The van der Waals surface area contributed by atoms with Gasteiger partial charge in [-0.3, -0.25) is 4.79 Å². The maximum atomic E-state index is 12.6. The van der Waals surface area contributed by atoms with E-state index in [1.165, 1.54) is 24.8 Å². The lowest BCUT2D eigenvalue weighted by Crippen LogP contribution is -2.38. The lowest BCUT2D eigenvalue weighted by Gasteiger charge is -2.23. The van der Waals surface area contributed by atoms with Gasteiger partial charge >= 0.3 is 0 Å². The summed E-state index contributed by atoms with van der Waals surface area (Å²) in [5.41, 5.74) is 4.54. The van der Waals surface area contributed by atoms with E-state index in [2.05, 4.69) is 20.4 Å². The largest absolute Gasteiger partial charge is 0.377 e. The fourth-order valence-corrected chi connectivity index (χ4v) is 4.57. The van der Waals surface area contributed by atoms with Crippen LogP contribution < -0.4 is 10.9 Å². The van der Waals surface area contributed by atoms with E-state index in [0.717, 1.165) is 54.9 Å². The van der Waals surface area contributed by atoms with Crippen molar-refractivity contribution in [2.75, 3.05) is 18.5 Å². The number of hydrogen-bond donors (Lipinski definition) is 1. The zero-order valence-electron chi connectivity index (χ0n) is 15.5. The summed E-state index contributed by atoms with van der Waals surface area (Å²) < 4.78 is 7.37. The van der Waals surface area contributed by atoms with Crippen LogP contribution >= 0.6 is 0 Å². The molecule has 27 heavy (non-hydrogen) atoms. The lowest BCUT2D eigenvalue weighted by atomic mass is 10.1. The molecule has 3 heterocycles. The van der Waals surface area contributed by atoms with Crippen molar-refractivity contribution in [3.05, 3.63) is 45.3 Å². The zero-order valence-corrected chi connectivity index (χ0v) is 15.5. The summed E-state index contributed by atoms with van der Waals surface area (Å²) in [4.78, 5) is 21.6. The minimum atomic E-state index is -0.111. The lowest BCUT2D eigenvalue weighted by molar-refractivity contribution is 0.182. The minimum Gasteiger partial charge on any atom is -0.377 e. The van der Waals surface area contributed by atoms with E-state index >= 15 is 0 Å². The van der Waals surface area contributed by atoms with Crippen molar-refractivity contribution in [1.29, 1.82) is 0 Å². The van der Waals surface area contributed by atoms with Crippen LogP contribution in [0.15, 0.2) is 17.2 Å². The molecular formula is C20H25N5O2. The Kier molecular flexibility index (Phi) is 4.39. The van der Waals surface area contributed by atoms with Crippen LogP contribution in [0.3, 0.4) is 0 Å². The van der Waals surface area contributed by atoms with Crippen molar-refractivity contribution in [1.82, 2.24) is 19.7 Å². The van der Waals surface area contributed by atoms with Gasteiger partial charge in [-0.25, -0.2) is 14.6 Å². The third-order valence-corrected chi connectivity index (χ3v) is 6.04. The fourth-order valence-electron chi connectivity index (χ4n) is 4.57. The quantitative estimate of drug-likeness (QED) is 0.834.